The van der Waals surface area contributed by atoms with Crippen molar-refractivity contribution >= 4 is 27.9 Å². The summed E-state index contributed by atoms with van der Waals surface area (Å²) in [5.41, 5.74) is -0.625. The fourth-order valence-electron chi connectivity index (χ4n) is 2.69. The van der Waals surface area contributed by atoms with Gasteiger partial charge in [-0.15, -0.1) is 10.1 Å². The van der Waals surface area contributed by atoms with E-state index in [1.54, 1.807) is 26.2 Å². The van der Waals surface area contributed by atoms with Gasteiger partial charge in [0, 0.05) is 6.42 Å². The first-order valence-corrected chi connectivity index (χ1v) is 9.69. The highest BCUT2D eigenvalue weighted by Gasteiger charge is 2.36. The van der Waals surface area contributed by atoms with E-state index in [4.69, 9.17) is 4.74 Å². The second-order valence-corrected chi connectivity index (χ2v) is 7.92. The number of hydrogen-bond donors (Lipinski definition) is 1. The molecule has 0 radical (unpaired) electrons. The van der Waals surface area contributed by atoms with E-state index in [2.05, 4.69) is 4.84 Å². The van der Waals surface area contributed by atoms with E-state index >= 15 is 0 Å². The molecule has 0 aliphatic heterocycles. The Kier molecular flexibility index (Phi) is 6.86. The van der Waals surface area contributed by atoms with Gasteiger partial charge in [0.1, 0.15) is 23.9 Å². The number of fused-ring (bicyclic) bond motifs is 1. The summed E-state index contributed by atoms with van der Waals surface area (Å²) in [5.74, 6) is -0.226. The molecule has 0 aromatic heterocycles. The SMILES string of the molecule is COc1ccc2cc([C@](C)(CC[S+]([O-])CCO[N+](=O)[O-])C(=O)O)ccc2c1. The molecule has 27 heavy (non-hydrogen) atoms. The zero-order valence-corrected chi connectivity index (χ0v) is 15.9. The fraction of sp³-hybridized carbons (Fsp3) is 0.389. The third-order valence-corrected chi connectivity index (χ3v) is 5.78. The Morgan fingerprint density at radius 3 is 2.52 bits per heavy atom. The summed E-state index contributed by atoms with van der Waals surface area (Å²) in [5, 5.41) is 20.7. The summed E-state index contributed by atoms with van der Waals surface area (Å²) in [6.45, 7) is 1.31. The molecule has 2 aromatic rings. The van der Waals surface area contributed by atoms with Gasteiger partial charge in [-0.3, -0.25) is 4.79 Å². The van der Waals surface area contributed by atoms with Crippen LogP contribution in [0.1, 0.15) is 18.9 Å². The minimum Gasteiger partial charge on any atom is -0.616 e. The Morgan fingerprint density at radius 1 is 1.22 bits per heavy atom. The van der Waals surface area contributed by atoms with Crippen LogP contribution >= 0.6 is 0 Å². The van der Waals surface area contributed by atoms with Crippen molar-refractivity contribution in [3.05, 3.63) is 52.1 Å². The third-order valence-electron chi connectivity index (χ3n) is 4.49. The number of aliphatic carboxylic acids is 1. The van der Waals surface area contributed by atoms with Gasteiger partial charge in [0.25, 0.3) is 5.09 Å². The predicted octanol–water partition coefficient (Wildman–Crippen LogP) is 2.54. The molecule has 8 nitrogen and oxygen atoms in total. The standard InChI is InChI=1S/C18H21NO7S/c1-18(17(20)21,7-9-27(24)10-8-26-19(22)23)15-5-3-14-12-16(25-2)6-4-13(14)11-15/h3-6,11-12H,7-10H2,1-2H3,(H,20,21)/t18-,27?/m0/s1. The van der Waals surface area contributed by atoms with Gasteiger partial charge in [0.05, 0.1) is 12.5 Å². The molecule has 0 aliphatic rings. The summed E-state index contributed by atoms with van der Waals surface area (Å²) < 4.78 is 17.2. The highest BCUT2D eigenvalue weighted by molar-refractivity contribution is 7.91. The van der Waals surface area contributed by atoms with Crippen LogP contribution in [0, 0.1) is 10.1 Å². The average molecular weight is 395 g/mol. The maximum absolute atomic E-state index is 12.0. The number of benzene rings is 2. The minimum absolute atomic E-state index is 0.0196. The van der Waals surface area contributed by atoms with Crippen molar-refractivity contribution in [1.29, 1.82) is 0 Å². The van der Waals surface area contributed by atoms with Crippen LogP contribution in [0.3, 0.4) is 0 Å². The van der Waals surface area contributed by atoms with Gasteiger partial charge in [-0.05, 0) is 35.4 Å². The number of carboxylic acid groups (broad SMARTS) is 1. The smallest absolute Gasteiger partial charge is 0.314 e. The quantitative estimate of drug-likeness (QED) is 0.373. The fourth-order valence-corrected chi connectivity index (χ4v) is 3.79. The summed E-state index contributed by atoms with van der Waals surface area (Å²) in [4.78, 5) is 26.2. The molecule has 0 bridgehead atoms. The topological polar surface area (TPSA) is 122 Å². The van der Waals surface area contributed by atoms with Gasteiger partial charge in [-0.2, -0.15) is 0 Å². The second-order valence-electron chi connectivity index (χ2n) is 6.22. The zero-order valence-electron chi connectivity index (χ0n) is 15.0. The molecule has 0 aliphatic carbocycles. The summed E-state index contributed by atoms with van der Waals surface area (Å²) >= 11 is -1.41. The molecular weight excluding hydrogens is 374 g/mol. The normalized spacial score (nSPS) is 14.3. The lowest BCUT2D eigenvalue weighted by Gasteiger charge is -2.26. The van der Waals surface area contributed by atoms with Crippen LogP contribution in [-0.4, -0.2) is 45.9 Å². The second kappa shape index (κ2) is 8.92. The number of hydrogen-bond acceptors (Lipinski definition) is 6. The van der Waals surface area contributed by atoms with Gasteiger partial charge in [-0.25, -0.2) is 0 Å². The van der Waals surface area contributed by atoms with E-state index in [1.807, 2.05) is 24.3 Å². The molecule has 0 amide bonds. The lowest BCUT2D eigenvalue weighted by atomic mass is 9.79. The van der Waals surface area contributed by atoms with Crippen LogP contribution in [0.15, 0.2) is 36.4 Å². The molecule has 146 valence electrons. The van der Waals surface area contributed by atoms with Crippen LogP contribution in [0.5, 0.6) is 5.75 Å². The zero-order chi connectivity index (χ0) is 20.0. The van der Waals surface area contributed by atoms with Crippen LogP contribution in [-0.2, 0) is 26.2 Å². The largest absolute Gasteiger partial charge is 0.616 e. The van der Waals surface area contributed by atoms with E-state index in [1.165, 1.54) is 0 Å². The Balaban J connectivity index is 2.16. The molecule has 2 atom stereocenters. The van der Waals surface area contributed by atoms with Crippen LogP contribution < -0.4 is 4.74 Å². The first-order valence-electron chi connectivity index (χ1n) is 8.20. The van der Waals surface area contributed by atoms with E-state index in [9.17, 15) is 24.6 Å². The molecule has 0 saturated heterocycles. The Bertz CT molecular complexity index is 828. The summed E-state index contributed by atoms with van der Waals surface area (Å²) in [7, 11) is 1.58. The average Bonchev–Trinajstić information content (AvgIpc) is 2.64. The van der Waals surface area contributed by atoms with Gasteiger partial charge in [-0.1, -0.05) is 35.4 Å². The molecule has 9 heteroatoms. The Hall–Kier alpha value is -2.52. The molecule has 0 saturated carbocycles. The van der Waals surface area contributed by atoms with E-state index < -0.39 is 27.6 Å². The molecule has 0 fully saturated rings. The van der Waals surface area contributed by atoms with Gasteiger partial charge >= 0.3 is 5.97 Å². The first-order chi connectivity index (χ1) is 12.8. The van der Waals surface area contributed by atoms with E-state index in [-0.39, 0.29) is 24.5 Å². The van der Waals surface area contributed by atoms with Crippen molar-refractivity contribution in [2.45, 2.75) is 18.8 Å². The van der Waals surface area contributed by atoms with Gasteiger partial charge in [0.2, 0.25) is 0 Å². The van der Waals surface area contributed by atoms with E-state index in [0.29, 0.717) is 11.3 Å². The van der Waals surface area contributed by atoms with Crippen molar-refractivity contribution in [2.24, 2.45) is 0 Å². The van der Waals surface area contributed by atoms with Crippen molar-refractivity contribution in [3.63, 3.8) is 0 Å². The number of rotatable bonds is 10. The Morgan fingerprint density at radius 2 is 1.89 bits per heavy atom. The summed E-state index contributed by atoms with van der Waals surface area (Å²) in [6, 6.07) is 10.9. The van der Waals surface area contributed by atoms with Gasteiger partial charge < -0.3 is 19.2 Å². The molecule has 0 heterocycles. The lowest BCUT2D eigenvalue weighted by molar-refractivity contribution is -0.756. The maximum Gasteiger partial charge on any atom is 0.314 e. The van der Waals surface area contributed by atoms with Crippen molar-refractivity contribution in [2.75, 3.05) is 25.2 Å². The molecule has 1 unspecified atom stereocenters. The minimum atomic E-state index is -1.41. The molecule has 2 rings (SSSR count). The number of carbonyl (C=O) groups is 1. The third kappa shape index (κ3) is 5.24. The number of nitrogens with zero attached hydrogens (tertiary/aromatic N) is 1. The summed E-state index contributed by atoms with van der Waals surface area (Å²) in [6.07, 6.45) is 0.134. The first kappa shape index (κ1) is 20.8. The number of methoxy groups -OCH3 is 1. The highest BCUT2D eigenvalue weighted by Crippen LogP contribution is 2.32. The van der Waals surface area contributed by atoms with E-state index in [0.717, 1.165) is 10.8 Å². The molecule has 0 spiro atoms. The van der Waals surface area contributed by atoms with Crippen LogP contribution in [0.4, 0.5) is 0 Å². The van der Waals surface area contributed by atoms with Crippen molar-refractivity contribution in [1.82, 2.24) is 0 Å². The number of carboxylic acids is 1. The predicted molar refractivity (Wildman–Crippen MR) is 101 cm³/mol. The van der Waals surface area contributed by atoms with Crippen LogP contribution in [0.2, 0.25) is 0 Å². The molecular formula is C18H21NO7S. The monoisotopic (exact) mass is 395 g/mol. The molecule has 2 aromatic carbocycles. The Labute approximate surface area is 159 Å². The number of ether oxygens (including phenoxy) is 1. The van der Waals surface area contributed by atoms with Crippen molar-refractivity contribution in [3.8, 4) is 5.75 Å². The van der Waals surface area contributed by atoms with Crippen LogP contribution in [0.25, 0.3) is 10.8 Å². The van der Waals surface area contributed by atoms with Crippen molar-refractivity contribution < 1.29 is 29.1 Å². The molecule has 1 N–H and O–H groups in total. The maximum atomic E-state index is 12.0. The highest BCUT2D eigenvalue weighted by atomic mass is 32.2. The lowest BCUT2D eigenvalue weighted by Crippen LogP contribution is -2.35. The van der Waals surface area contributed by atoms with Gasteiger partial charge in [0.15, 0.2) is 0 Å².